The summed E-state index contributed by atoms with van der Waals surface area (Å²) in [5.74, 6) is 1.35. The molecule has 19 heavy (non-hydrogen) atoms. The zero-order chi connectivity index (χ0) is 13.0. The molecule has 0 spiro atoms. The Bertz CT molecular complexity index is 789. The van der Waals surface area contributed by atoms with Crippen LogP contribution in [0.3, 0.4) is 0 Å². The maximum Gasteiger partial charge on any atom is 0.198 e. The zero-order valence-electron chi connectivity index (χ0n) is 10.4. The topological polar surface area (TPSA) is 43.6 Å². The lowest BCUT2D eigenvalue weighted by Crippen LogP contribution is -1.97. The summed E-state index contributed by atoms with van der Waals surface area (Å²) in [4.78, 5) is 15.8. The Hall–Kier alpha value is -1.46. The second-order valence-corrected chi connectivity index (χ2v) is 6.18. The predicted octanol–water partition coefficient (Wildman–Crippen LogP) is 3.23. The van der Waals surface area contributed by atoms with Crippen molar-refractivity contribution in [3.05, 3.63) is 28.0 Å². The van der Waals surface area contributed by atoms with Gasteiger partial charge in [-0.3, -0.25) is 0 Å². The standard InChI is InChI=1S/C13H11ClN4S/c1-18-6-5-15-12(18)11-16-10(14)9-7-3-2-4-8(7)19-13(9)17-11/h5-6H,2-4H2,1H3. The minimum absolute atomic E-state index is 0.558. The lowest BCUT2D eigenvalue weighted by molar-refractivity contribution is 0.908. The number of nitrogens with zero attached hydrogens (tertiary/aromatic N) is 4. The summed E-state index contributed by atoms with van der Waals surface area (Å²) in [6.45, 7) is 0. The fourth-order valence-corrected chi connectivity index (χ4v) is 4.23. The van der Waals surface area contributed by atoms with E-state index in [4.69, 9.17) is 11.6 Å². The summed E-state index contributed by atoms with van der Waals surface area (Å²) in [7, 11) is 1.93. The predicted molar refractivity (Wildman–Crippen MR) is 76.7 cm³/mol. The van der Waals surface area contributed by atoms with Crippen molar-refractivity contribution in [3.8, 4) is 11.6 Å². The Labute approximate surface area is 119 Å². The number of thiophene rings is 1. The van der Waals surface area contributed by atoms with Crippen molar-refractivity contribution in [1.29, 1.82) is 0 Å². The van der Waals surface area contributed by atoms with Gasteiger partial charge in [0.2, 0.25) is 0 Å². The SMILES string of the molecule is Cn1ccnc1-c1nc(Cl)c2c3c(sc2n1)CCC3. The molecule has 4 nitrogen and oxygen atoms in total. The summed E-state index contributed by atoms with van der Waals surface area (Å²) < 4.78 is 1.90. The van der Waals surface area contributed by atoms with Gasteiger partial charge in [-0.15, -0.1) is 11.3 Å². The van der Waals surface area contributed by atoms with Crippen LogP contribution in [-0.4, -0.2) is 19.5 Å². The van der Waals surface area contributed by atoms with E-state index in [-0.39, 0.29) is 0 Å². The lowest BCUT2D eigenvalue weighted by atomic mass is 10.2. The third-order valence-corrected chi connectivity index (χ3v) is 5.00. The van der Waals surface area contributed by atoms with E-state index in [1.165, 1.54) is 16.9 Å². The Morgan fingerprint density at radius 3 is 3.00 bits per heavy atom. The zero-order valence-corrected chi connectivity index (χ0v) is 11.9. The van der Waals surface area contributed by atoms with Gasteiger partial charge < -0.3 is 4.57 Å². The van der Waals surface area contributed by atoms with Crippen LogP contribution in [0, 0.1) is 0 Å². The molecule has 0 aromatic carbocycles. The number of halogens is 1. The molecule has 1 aliphatic carbocycles. The van der Waals surface area contributed by atoms with E-state index in [0.29, 0.717) is 11.0 Å². The molecule has 0 bridgehead atoms. The van der Waals surface area contributed by atoms with E-state index in [1.54, 1.807) is 17.5 Å². The van der Waals surface area contributed by atoms with E-state index < -0.39 is 0 Å². The van der Waals surface area contributed by atoms with Crippen molar-refractivity contribution in [3.63, 3.8) is 0 Å². The molecule has 0 atom stereocenters. The minimum Gasteiger partial charge on any atom is -0.331 e. The normalized spacial score (nSPS) is 14.2. The maximum atomic E-state index is 6.37. The van der Waals surface area contributed by atoms with Crippen LogP contribution < -0.4 is 0 Å². The lowest BCUT2D eigenvalue weighted by Gasteiger charge is -2.02. The van der Waals surface area contributed by atoms with Gasteiger partial charge in [-0.25, -0.2) is 15.0 Å². The first-order chi connectivity index (χ1) is 9.24. The molecule has 4 rings (SSSR count). The highest BCUT2D eigenvalue weighted by Crippen LogP contribution is 2.39. The monoisotopic (exact) mass is 290 g/mol. The molecule has 0 N–H and O–H groups in total. The molecule has 96 valence electrons. The van der Waals surface area contributed by atoms with Gasteiger partial charge in [0.25, 0.3) is 0 Å². The van der Waals surface area contributed by atoms with Gasteiger partial charge >= 0.3 is 0 Å². The van der Waals surface area contributed by atoms with Crippen molar-refractivity contribution in [2.45, 2.75) is 19.3 Å². The molecule has 6 heteroatoms. The first kappa shape index (κ1) is 11.4. The number of imidazole rings is 1. The second-order valence-electron chi connectivity index (χ2n) is 4.74. The molecule has 0 saturated heterocycles. The van der Waals surface area contributed by atoms with Crippen LogP contribution in [0.5, 0.6) is 0 Å². The van der Waals surface area contributed by atoms with Crippen molar-refractivity contribution >= 4 is 33.2 Å². The van der Waals surface area contributed by atoms with Crippen LogP contribution >= 0.6 is 22.9 Å². The van der Waals surface area contributed by atoms with Crippen LogP contribution in [0.2, 0.25) is 5.15 Å². The molecule has 3 heterocycles. The van der Waals surface area contributed by atoms with Gasteiger partial charge in [0.15, 0.2) is 11.6 Å². The molecule has 0 aliphatic heterocycles. The van der Waals surface area contributed by atoms with Gasteiger partial charge in [-0.05, 0) is 24.8 Å². The molecule has 0 fully saturated rings. The number of rotatable bonds is 1. The molecule has 0 unspecified atom stereocenters. The molecule has 0 radical (unpaired) electrons. The summed E-state index contributed by atoms with van der Waals surface area (Å²) in [6, 6.07) is 0. The third kappa shape index (κ3) is 1.61. The molecule has 0 amide bonds. The first-order valence-electron chi connectivity index (χ1n) is 6.19. The van der Waals surface area contributed by atoms with E-state index in [2.05, 4.69) is 15.0 Å². The molecule has 0 saturated carbocycles. The fourth-order valence-electron chi connectivity index (χ4n) is 2.63. The van der Waals surface area contributed by atoms with E-state index in [0.717, 1.165) is 28.9 Å². The van der Waals surface area contributed by atoms with Gasteiger partial charge in [-0.2, -0.15) is 0 Å². The van der Waals surface area contributed by atoms with Gasteiger partial charge in [0.05, 0.1) is 5.39 Å². The van der Waals surface area contributed by atoms with Crippen LogP contribution in [0.4, 0.5) is 0 Å². The maximum absolute atomic E-state index is 6.37. The second kappa shape index (κ2) is 4.02. The van der Waals surface area contributed by atoms with Crippen molar-refractivity contribution in [1.82, 2.24) is 19.5 Å². The largest absolute Gasteiger partial charge is 0.331 e. The number of fused-ring (bicyclic) bond motifs is 3. The van der Waals surface area contributed by atoms with Crippen molar-refractivity contribution in [2.75, 3.05) is 0 Å². The highest BCUT2D eigenvalue weighted by Gasteiger charge is 2.22. The van der Waals surface area contributed by atoms with Crippen LogP contribution in [0.25, 0.3) is 21.9 Å². The first-order valence-corrected chi connectivity index (χ1v) is 7.39. The Kier molecular flexibility index (Phi) is 2.40. The summed E-state index contributed by atoms with van der Waals surface area (Å²) in [6.07, 6.45) is 7.08. The third-order valence-electron chi connectivity index (χ3n) is 3.54. The Balaban J connectivity index is 1.99. The van der Waals surface area contributed by atoms with E-state index >= 15 is 0 Å². The Morgan fingerprint density at radius 1 is 1.32 bits per heavy atom. The molecule has 3 aromatic rings. The smallest absolute Gasteiger partial charge is 0.198 e. The average Bonchev–Trinajstić information content (AvgIpc) is 3.02. The molecule has 3 aromatic heterocycles. The van der Waals surface area contributed by atoms with E-state index in [1.807, 2.05) is 17.8 Å². The molecular formula is C13H11ClN4S. The molecule has 1 aliphatic rings. The number of hydrogen-bond acceptors (Lipinski definition) is 4. The summed E-state index contributed by atoms with van der Waals surface area (Å²) >= 11 is 8.12. The van der Waals surface area contributed by atoms with Gasteiger partial charge in [0.1, 0.15) is 9.98 Å². The highest BCUT2D eigenvalue weighted by molar-refractivity contribution is 7.19. The molecular weight excluding hydrogens is 280 g/mol. The number of hydrogen-bond donors (Lipinski definition) is 0. The van der Waals surface area contributed by atoms with Crippen LogP contribution in [-0.2, 0) is 19.9 Å². The number of aromatic nitrogens is 4. The summed E-state index contributed by atoms with van der Waals surface area (Å²) in [5.41, 5.74) is 1.36. The van der Waals surface area contributed by atoms with Crippen LogP contribution in [0.15, 0.2) is 12.4 Å². The number of aryl methyl sites for hydroxylation is 3. The minimum atomic E-state index is 0.558. The fraction of sp³-hybridized carbons (Fsp3) is 0.308. The Morgan fingerprint density at radius 2 is 2.21 bits per heavy atom. The quantitative estimate of drug-likeness (QED) is 0.646. The highest BCUT2D eigenvalue weighted by atomic mass is 35.5. The van der Waals surface area contributed by atoms with E-state index in [9.17, 15) is 0 Å². The average molecular weight is 291 g/mol. The van der Waals surface area contributed by atoms with Gasteiger partial charge in [-0.1, -0.05) is 11.6 Å². The van der Waals surface area contributed by atoms with Gasteiger partial charge in [0, 0.05) is 24.3 Å². The van der Waals surface area contributed by atoms with Crippen LogP contribution in [0.1, 0.15) is 16.9 Å². The summed E-state index contributed by atoms with van der Waals surface area (Å²) in [5, 5.41) is 1.61. The van der Waals surface area contributed by atoms with Crippen molar-refractivity contribution < 1.29 is 0 Å². The van der Waals surface area contributed by atoms with Crippen molar-refractivity contribution in [2.24, 2.45) is 7.05 Å².